The number of aromatic nitrogens is 3. The summed E-state index contributed by atoms with van der Waals surface area (Å²) in [7, 11) is -3.08. The Morgan fingerprint density at radius 3 is 2.50 bits per heavy atom. The molecule has 3 aromatic heterocycles. The van der Waals surface area contributed by atoms with Crippen molar-refractivity contribution in [2.45, 2.75) is 75.9 Å². The Balaban J connectivity index is 1.47. The predicted molar refractivity (Wildman–Crippen MR) is 144 cm³/mol. The second kappa shape index (κ2) is 8.88. The number of nitrogens with zero attached hydrogens (tertiary/aromatic N) is 3. The highest BCUT2D eigenvalue weighted by Crippen LogP contribution is 2.39. The van der Waals surface area contributed by atoms with E-state index < -0.39 is 21.0 Å². The third-order valence-corrected chi connectivity index (χ3v) is 9.17. The lowest BCUT2D eigenvalue weighted by atomic mass is 9.84. The first-order valence-corrected chi connectivity index (χ1v) is 14.5. The molecule has 0 bridgehead atoms. The summed E-state index contributed by atoms with van der Waals surface area (Å²) in [5.41, 5.74) is 7.06. The third kappa shape index (κ3) is 4.80. The van der Waals surface area contributed by atoms with Crippen LogP contribution in [0.4, 0.5) is 11.6 Å². The van der Waals surface area contributed by atoms with E-state index in [1.165, 1.54) is 6.26 Å². The number of nitrogens with two attached hydrogens (primary N) is 1. The molecule has 0 aromatic carbocycles. The molecule has 0 amide bonds. The minimum atomic E-state index is -3.08. The maximum absolute atomic E-state index is 12.4. The molecule has 1 fully saturated rings. The first-order valence-electron chi connectivity index (χ1n) is 12.6. The molecular formula is C27H33N5O5S. The minimum Gasteiger partial charge on any atom is -0.474 e. The first kappa shape index (κ1) is 26.3. The molecule has 0 saturated heterocycles. The van der Waals surface area contributed by atoms with Crippen LogP contribution in [0.3, 0.4) is 0 Å². The van der Waals surface area contributed by atoms with Gasteiger partial charge in [-0.3, -0.25) is 0 Å². The lowest BCUT2D eigenvalue weighted by Gasteiger charge is -2.36. The Labute approximate surface area is 222 Å². The van der Waals surface area contributed by atoms with Crippen LogP contribution in [-0.2, 0) is 20.1 Å². The molecule has 1 atom stereocenters. The van der Waals surface area contributed by atoms with Crippen molar-refractivity contribution >= 4 is 38.2 Å². The standard InChI is InChI=1S/C27H33N5O5S/c1-14-23-17(25(33)37-27(14,4)5)7-8-21(32-23)31-22-11-18-19(12-29-22)24(30-13-20(18)26(2,3)28)36-15-9-16(10-15)38(6,34)35/h7-8,11-16H,9-10,28H2,1-6H3,(H,29,31,32)/t14-,15?,16?/m1/s1. The van der Waals surface area contributed by atoms with Gasteiger partial charge in [-0.2, -0.15) is 0 Å². The van der Waals surface area contributed by atoms with Crippen molar-refractivity contribution in [1.82, 2.24) is 15.0 Å². The number of rotatable bonds is 6. The normalized spacial score (nSPS) is 22.8. The molecule has 38 heavy (non-hydrogen) atoms. The zero-order valence-electron chi connectivity index (χ0n) is 22.4. The SMILES string of the molecule is C[C@@H]1c2nc(Nc3cc4c(C(C)(C)N)cnc(OC5CC(S(C)(=O)=O)C5)c4cn3)ccc2C(=O)OC1(C)C. The van der Waals surface area contributed by atoms with Crippen LogP contribution in [0.5, 0.6) is 5.88 Å². The Morgan fingerprint density at radius 2 is 1.84 bits per heavy atom. The third-order valence-electron chi connectivity index (χ3n) is 7.57. The first-order chi connectivity index (χ1) is 17.6. The van der Waals surface area contributed by atoms with Crippen LogP contribution >= 0.6 is 0 Å². The Hall–Kier alpha value is -3.31. The lowest BCUT2D eigenvalue weighted by Crippen LogP contribution is -2.42. The molecule has 11 heteroatoms. The molecule has 10 nitrogen and oxygen atoms in total. The molecule has 1 aliphatic carbocycles. The average Bonchev–Trinajstić information content (AvgIpc) is 2.77. The number of pyridine rings is 3. The highest BCUT2D eigenvalue weighted by atomic mass is 32.2. The number of hydrogen-bond donors (Lipinski definition) is 2. The van der Waals surface area contributed by atoms with Gasteiger partial charge in [0, 0.05) is 42.9 Å². The number of carbonyl (C=O) groups excluding carboxylic acids is 1. The Kier molecular flexibility index (Phi) is 6.14. The fraction of sp³-hybridized carbons (Fsp3) is 0.481. The van der Waals surface area contributed by atoms with Gasteiger partial charge >= 0.3 is 5.97 Å². The van der Waals surface area contributed by atoms with Gasteiger partial charge in [-0.25, -0.2) is 28.2 Å². The molecule has 0 unspecified atom stereocenters. The van der Waals surface area contributed by atoms with Crippen molar-refractivity contribution in [2.24, 2.45) is 5.73 Å². The number of ether oxygens (including phenoxy) is 2. The van der Waals surface area contributed by atoms with Gasteiger partial charge in [0.25, 0.3) is 0 Å². The van der Waals surface area contributed by atoms with E-state index in [-0.39, 0.29) is 23.2 Å². The van der Waals surface area contributed by atoms with E-state index in [1.54, 1.807) is 24.5 Å². The summed E-state index contributed by atoms with van der Waals surface area (Å²) in [6.07, 6.45) is 5.27. The van der Waals surface area contributed by atoms with E-state index in [2.05, 4.69) is 15.3 Å². The monoisotopic (exact) mass is 539 g/mol. The van der Waals surface area contributed by atoms with Crippen LogP contribution < -0.4 is 15.8 Å². The van der Waals surface area contributed by atoms with E-state index >= 15 is 0 Å². The smallest absolute Gasteiger partial charge is 0.340 e. The fourth-order valence-electron chi connectivity index (χ4n) is 4.80. The molecule has 4 heterocycles. The van der Waals surface area contributed by atoms with Crippen molar-refractivity contribution in [2.75, 3.05) is 11.6 Å². The summed E-state index contributed by atoms with van der Waals surface area (Å²) in [4.78, 5) is 26.2. The summed E-state index contributed by atoms with van der Waals surface area (Å²) in [5.74, 6) is 1.01. The second-order valence-electron chi connectivity index (χ2n) is 11.4. The summed E-state index contributed by atoms with van der Waals surface area (Å²) in [6.45, 7) is 9.53. The zero-order chi connectivity index (χ0) is 27.6. The van der Waals surface area contributed by atoms with Gasteiger partial charge in [0.15, 0.2) is 9.84 Å². The molecular weight excluding hydrogens is 506 g/mol. The van der Waals surface area contributed by atoms with E-state index in [0.717, 1.165) is 10.9 Å². The highest BCUT2D eigenvalue weighted by molar-refractivity contribution is 7.91. The van der Waals surface area contributed by atoms with E-state index in [1.807, 2.05) is 40.7 Å². The molecule has 202 valence electrons. The summed E-state index contributed by atoms with van der Waals surface area (Å²) < 4.78 is 35.2. The number of anilines is 2. The topological polar surface area (TPSA) is 146 Å². The maximum atomic E-state index is 12.4. The number of carbonyl (C=O) groups is 1. The van der Waals surface area contributed by atoms with Crippen LogP contribution in [0.1, 0.15) is 75.0 Å². The number of cyclic esters (lactones) is 1. The van der Waals surface area contributed by atoms with E-state index in [9.17, 15) is 13.2 Å². The van der Waals surface area contributed by atoms with Crippen molar-refractivity contribution in [3.63, 3.8) is 0 Å². The van der Waals surface area contributed by atoms with Gasteiger partial charge in [-0.1, -0.05) is 6.92 Å². The largest absolute Gasteiger partial charge is 0.474 e. The maximum Gasteiger partial charge on any atom is 0.340 e. The van der Waals surface area contributed by atoms with Crippen LogP contribution in [0.2, 0.25) is 0 Å². The lowest BCUT2D eigenvalue weighted by molar-refractivity contribution is -0.0189. The van der Waals surface area contributed by atoms with Gasteiger partial charge in [0.1, 0.15) is 23.3 Å². The van der Waals surface area contributed by atoms with Crippen molar-refractivity contribution < 1.29 is 22.7 Å². The zero-order valence-corrected chi connectivity index (χ0v) is 23.2. The van der Waals surface area contributed by atoms with Crippen molar-refractivity contribution in [3.8, 4) is 5.88 Å². The molecule has 3 aromatic rings. The van der Waals surface area contributed by atoms with Crippen LogP contribution in [0.25, 0.3) is 10.8 Å². The highest BCUT2D eigenvalue weighted by Gasteiger charge is 2.40. The van der Waals surface area contributed by atoms with Gasteiger partial charge in [-0.15, -0.1) is 0 Å². The molecule has 1 aliphatic heterocycles. The average molecular weight is 540 g/mol. The second-order valence-corrected chi connectivity index (χ2v) is 13.8. The number of hydrogen-bond acceptors (Lipinski definition) is 10. The summed E-state index contributed by atoms with van der Waals surface area (Å²) in [5, 5.41) is 4.37. The summed E-state index contributed by atoms with van der Waals surface area (Å²) >= 11 is 0. The molecule has 2 aliphatic rings. The Morgan fingerprint density at radius 1 is 1.13 bits per heavy atom. The number of nitrogens with one attached hydrogen (secondary N) is 1. The molecule has 0 radical (unpaired) electrons. The molecule has 1 saturated carbocycles. The number of sulfone groups is 1. The van der Waals surface area contributed by atoms with Crippen molar-refractivity contribution in [1.29, 1.82) is 0 Å². The van der Waals surface area contributed by atoms with Gasteiger partial charge in [-0.05, 0) is 56.8 Å². The molecule has 5 rings (SSSR count). The van der Waals surface area contributed by atoms with Crippen LogP contribution in [0, 0.1) is 0 Å². The minimum absolute atomic E-state index is 0.0919. The van der Waals surface area contributed by atoms with Gasteiger partial charge < -0.3 is 20.5 Å². The molecule has 3 N–H and O–H groups in total. The van der Waals surface area contributed by atoms with Gasteiger partial charge in [0.05, 0.1) is 21.9 Å². The fourth-order valence-corrected chi connectivity index (χ4v) is 5.93. The van der Waals surface area contributed by atoms with E-state index in [0.29, 0.717) is 47.0 Å². The number of esters is 1. The molecule has 0 spiro atoms. The quantitative estimate of drug-likeness (QED) is 0.441. The Bertz CT molecular complexity index is 1540. The van der Waals surface area contributed by atoms with Gasteiger partial charge in [0.2, 0.25) is 5.88 Å². The number of fused-ring (bicyclic) bond motifs is 2. The van der Waals surface area contributed by atoms with Crippen LogP contribution in [0.15, 0.2) is 30.6 Å². The van der Waals surface area contributed by atoms with Crippen molar-refractivity contribution in [3.05, 3.63) is 47.4 Å². The summed E-state index contributed by atoms with van der Waals surface area (Å²) in [6, 6.07) is 5.31. The van der Waals surface area contributed by atoms with Crippen LogP contribution in [-0.4, -0.2) is 52.5 Å². The van der Waals surface area contributed by atoms with E-state index in [4.69, 9.17) is 20.2 Å². The predicted octanol–water partition coefficient (Wildman–Crippen LogP) is 3.97.